The lowest BCUT2D eigenvalue weighted by atomic mass is 10.0. The van der Waals surface area contributed by atoms with Crippen molar-refractivity contribution in [1.29, 1.82) is 0 Å². The smallest absolute Gasteiger partial charge is 0.227 e. The third-order valence-electron chi connectivity index (χ3n) is 5.44. The van der Waals surface area contributed by atoms with Gasteiger partial charge >= 0.3 is 0 Å². The van der Waals surface area contributed by atoms with Gasteiger partial charge in [0.15, 0.2) is 0 Å². The van der Waals surface area contributed by atoms with E-state index < -0.39 is 0 Å². The number of hydrogen-bond donors (Lipinski definition) is 0. The normalized spacial score (nSPS) is 17.1. The average Bonchev–Trinajstić information content (AvgIpc) is 3.27. The minimum Gasteiger partial charge on any atom is -0.497 e. The maximum atomic E-state index is 13.0. The fraction of sp³-hybridized carbons (Fsp3) is 0.348. The first-order chi connectivity index (χ1) is 14.6. The summed E-state index contributed by atoms with van der Waals surface area (Å²) in [5.74, 6) is 1.80. The van der Waals surface area contributed by atoms with Crippen LogP contribution in [0.2, 0.25) is 0 Å². The van der Waals surface area contributed by atoms with Gasteiger partial charge in [-0.15, -0.1) is 0 Å². The second kappa shape index (κ2) is 9.09. The lowest BCUT2D eigenvalue weighted by Gasteiger charge is -2.40. The van der Waals surface area contributed by atoms with Crippen molar-refractivity contribution >= 4 is 5.91 Å². The first kappa shape index (κ1) is 20.1. The molecule has 1 saturated heterocycles. The Morgan fingerprint density at radius 2 is 2.00 bits per heavy atom. The molecule has 1 atom stereocenters. The Balaban J connectivity index is 1.42. The van der Waals surface area contributed by atoms with Crippen molar-refractivity contribution in [3.8, 4) is 17.1 Å². The molecule has 4 rings (SSSR count). The van der Waals surface area contributed by atoms with Crippen LogP contribution in [0.3, 0.4) is 0 Å². The standard InChI is InChI=1S/C23H26N4O3/c1-26-13-14-27(20(16-26)17-7-4-3-5-8-17)22(28)12-11-21-24-23(25-30-21)18-9-6-10-19(15-18)29-2/h3-10,15,20H,11-14,16H2,1-2H3. The van der Waals surface area contributed by atoms with E-state index in [9.17, 15) is 4.79 Å². The Morgan fingerprint density at radius 3 is 2.80 bits per heavy atom. The van der Waals surface area contributed by atoms with Crippen LogP contribution in [0.1, 0.15) is 23.9 Å². The molecule has 156 valence electrons. The second-order valence-electron chi connectivity index (χ2n) is 7.52. The SMILES string of the molecule is COc1cccc(-c2noc(CCC(=O)N3CCN(C)CC3c3ccccc3)n2)c1. The van der Waals surface area contributed by atoms with Crippen LogP contribution in [0.25, 0.3) is 11.4 Å². The van der Waals surface area contributed by atoms with E-state index in [0.717, 1.165) is 30.0 Å². The van der Waals surface area contributed by atoms with E-state index in [-0.39, 0.29) is 11.9 Å². The molecule has 7 nitrogen and oxygen atoms in total. The summed E-state index contributed by atoms with van der Waals surface area (Å²) in [5, 5.41) is 4.05. The Morgan fingerprint density at radius 1 is 1.17 bits per heavy atom. The Kier molecular flexibility index (Phi) is 6.09. The number of piperazine rings is 1. The van der Waals surface area contributed by atoms with Crippen LogP contribution in [-0.4, -0.2) is 59.6 Å². The molecular formula is C23H26N4O3. The van der Waals surface area contributed by atoms with Crippen molar-refractivity contribution < 1.29 is 14.1 Å². The number of nitrogens with zero attached hydrogens (tertiary/aromatic N) is 4. The van der Waals surface area contributed by atoms with Gasteiger partial charge in [-0.05, 0) is 24.7 Å². The predicted molar refractivity (Wildman–Crippen MR) is 113 cm³/mol. The minimum atomic E-state index is 0.0625. The molecule has 2 aromatic carbocycles. The highest BCUT2D eigenvalue weighted by Gasteiger charge is 2.30. The summed E-state index contributed by atoms with van der Waals surface area (Å²) in [6.07, 6.45) is 0.760. The monoisotopic (exact) mass is 406 g/mol. The molecule has 0 N–H and O–H groups in total. The molecule has 2 heterocycles. The van der Waals surface area contributed by atoms with Gasteiger partial charge in [0.05, 0.1) is 13.2 Å². The number of aryl methyl sites for hydroxylation is 1. The van der Waals surface area contributed by atoms with Crippen molar-refractivity contribution in [2.24, 2.45) is 0 Å². The number of methoxy groups -OCH3 is 1. The molecule has 0 spiro atoms. The summed E-state index contributed by atoms with van der Waals surface area (Å²) >= 11 is 0. The Hall–Kier alpha value is -3.19. The number of carbonyl (C=O) groups is 1. The number of benzene rings is 2. The zero-order valence-electron chi connectivity index (χ0n) is 17.3. The minimum absolute atomic E-state index is 0.0625. The van der Waals surface area contributed by atoms with Crippen LogP contribution in [0.5, 0.6) is 5.75 Å². The summed E-state index contributed by atoms with van der Waals surface area (Å²) in [5.41, 5.74) is 1.98. The van der Waals surface area contributed by atoms with Gasteiger partial charge in [0.2, 0.25) is 17.6 Å². The first-order valence-corrected chi connectivity index (χ1v) is 10.1. The third kappa shape index (κ3) is 4.52. The molecule has 1 aromatic heterocycles. The topological polar surface area (TPSA) is 71.7 Å². The zero-order valence-corrected chi connectivity index (χ0v) is 17.3. The lowest BCUT2D eigenvalue weighted by molar-refractivity contribution is -0.136. The quantitative estimate of drug-likeness (QED) is 0.626. The van der Waals surface area contributed by atoms with Crippen LogP contribution in [0, 0.1) is 0 Å². The molecule has 0 radical (unpaired) electrons. The van der Waals surface area contributed by atoms with Crippen molar-refractivity contribution in [2.75, 3.05) is 33.8 Å². The fourth-order valence-corrected chi connectivity index (χ4v) is 3.77. The van der Waals surface area contributed by atoms with E-state index in [4.69, 9.17) is 9.26 Å². The summed E-state index contributed by atoms with van der Waals surface area (Å²) < 4.78 is 10.6. The molecule has 30 heavy (non-hydrogen) atoms. The first-order valence-electron chi connectivity index (χ1n) is 10.1. The highest BCUT2D eigenvalue weighted by Crippen LogP contribution is 2.26. The number of ether oxygens (including phenoxy) is 1. The molecule has 1 amide bonds. The maximum absolute atomic E-state index is 13.0. The van der Waals surface area contributed by atoms with Gasteiger partial charge in [0, 0.05) is 38.0 Å². The van der Waals surface area contributed by atoms with Crippen molar-refractivity contribution in [3.05, 3.63) is 66.1 Å². The van der Waals surface area contributed by atoms with Gasteiger partial charge in [-0.3, -0.25) is 4.79 Å². The predicted octanol–water partition coefficient (Wildman–Crippen LogP) is 3.19. The van der Waals surface area contributed by atoms with Crippen LogP contribution in [0.15, 0.2) is 59.1 Å². The van der Waals surface area contributed by atoms with E-state index >= 15 is 0 Å². The summed E-state index contributed by atoms with van der Waals surface area (Å²) in [7, 11) is 3.71. The number of rotatable bonds is 6. The van der Waals surface area contributed by atoms with Crippen LogP contribution in [0.4, 0.5) is 0 Å². The van der Waals surface area contributed by atoms with Gasteiger partial charge in [0.25, 0.3) is 0 Å². The molecule has 1 aliphatic rings. The number of likely N-dealkylation sites (N-methyl/N-ethyl adjacent to an activating group) is 1. The molecule has 1 aliphatic heterocycles. The molecule has 1 unspecified atom stereocenters. The van der Waals surface area contributed by atoms with E-state index in [1.54, 1.807) is 7.11 Å². The summed E-state index contributed by atoms with van der Waals surface area (Å²) in [4.78, 5) is 21.7. The zero-order chi connectivity index (χ0) is 20.9. The van der Waals surface area contributed by atoms with Crippen LogP contribution < -0.4 is 4.74 Å². The van der Waals surface area contributed by atoms with E-state index in [2.05, 4.69) is 34.2 Å². The van der Waals surface area contributed by atoms with E-state index in [1.165, 1.54) is 0 Å². The number of aromatic nitrogens is 2. The highest BCUT2D eigenvalue weighted by atomic mass is 16.5. The largest absolute Gasteiger partial charge is 0.497 e. The molecule has 0 saturated carbocycles. The van der Waals surface area contributed by atoms with Crippen molar-refractivity contribution in [3.63, 3.8) is 0 Å². The number of hydrogen-bond acceptors (Lipinski definition) is 6. The molecule has 3 aromatic rings. The van der Waals surface area contributed by atoms with Crippen molar-refractivity contribution in [1.82, 2.24) is 19.9 Å². The maximum Gasteiger partial charge on any atom is 0.227 e. The Labute approximate surface area is 176 Å². The van der Waals surface area contributed by atoms with Crippen LogP contribution >= 0.6 is 0 Å². The highest BCUT2D eigenvalue weighted by molar-refractivity contribution is 5.77. The molecular weight excluding hydrogens is 380 g/mol. The third-order valence-corrected chi connectivity index (χ3v) is 5.44. The van der Waals surface area contributed by atoms with E-state index in [1.807, 2.05) is 47.4 Å². The number of carbonyl (C=O) groups excluding carboxylic acids is 1. The summed E-state index contributed by atoms with van der Waals surface area (Å²) in [6, 6.07) is 17.8. The lowest BCUT2D eigenvalue weighted by Crippen LogP contribution is -2.49. The van der Waals surface area contributed by atoms with Gasteiger partial charge in [0.1, 0.15) is 5.75 Å². The fourth-order valence-electron chi connectivity index (χ4n) is 3.77. The average molecular weight is 406 g/mol. The molecule has 0 bridgehead atoms. The molecule has 0 aliphatic carbocycles. The van der Waals surface area contributed by atoms with E-state index in [0.29, 0.717) is 31.1 Å². The molecule has 7 heteroatoms. The Bertz CT molecular complexity index is 989. The van der Waals surface area contributed by atoms with Crippen molar-refractivity contribution in [2.45, 2.75) is 18.9 Å². The van der Waals surface area contributed by atoms with Gasteiger partial charge in [-0.2, -0.15) is 4.98 Å². The molecule has 1 fully saturated rings. The van der Waals surface area contributed by atoms with Gasteiger partial charge in [-0.25, -0.2) is 0 Å². The van der Waals surface area contributed by atoms with Gasteiger partial charge < -0.3 is 19.1 Å². The van der Waals surface area contributed by atoms with Gasteiger partial charge in [-0.1, -0.05) is 47.6 Å². The summed E-state index contributed by atoms with van der Waals surface area (Å²) in [6.45, 7) is 2.42. The second-order valence-corrected chi connectivity index (χ2v) is 7.52. The number of amides is 1. The van der Waals surface area contributed by atoms with Crippen LogP contribution in [-0.2, 0) is 11.2 Å².